The Morgan fingerprint density at radius 1 is 0.925 bits per heavy atom. The first-order valence-electron chi connectivity index (χ1n) is 16.6. The van der Waals surface area contributed by atoms with Crippen LogP contribution in [0.25, 0.3) is 0 Å². The zero-order valence-electron chi connectivity index (χ0n) is 29.8. The Labute approximate surface area is 303 Å². The van der Waals surface area contributed by atoms with Crippen LogP contribution in [0.15, 0.2) is 21.9 Å². The molecule has 2 aliphatic rings. The molecule has 0 bridgehead atoms. The third-order valence-electron chi connectivity index (χ3n) is 7.91. The van der Waals surface area contributed by atoms with E-state index in [2.05, 4.69) is 0 Å². The van der Waals surface area contributed by atoms with Crippen molar-refractivity contribution in [2.45, 2.75) is 56.3 Å². The highest BCUT2D eigenvalue weighted by molar-refractivity contribution is 7.48. The van der Waals surface area contributed by atoms with Gasteiger partial charge in [-0.3, -0.25) is 23.3 Å². The lowest BCUT2D eigenvalue weighted by Gasteiger charge is -2.37. The quantitative estimate of drug-likeness (QED) is 0.0620. The number of aliphatic hydroxyl groups excluding tert-OH is 1. The number of aromatic nitrogens is 2. The number of rotatable bonds is 25. The number of alkyl halides is 1. The van der Waals surface area contributed by atoms with Crippen molar-refractivity contribution in [2.75, 3.05) is 93.9 Å². The molecule has 4 atom stereocenters. The number of carbonyl (C=O) groups is 2. The molecule has 1 aliphatic carbocycles. The van der Waals surface area contributed by atoms with Gasteiger partial charge in [0.15, 0.2) is 12.0 Å². The van der Waals surface area contributed by atoms with Crippen molar-refractivity contribution in [3.63, 3.8) is 0 Å². The average Bonchev–Trinajstić information content (AvgIpc) is 3.70. The summed E-state index contributed by atoms with van der Waals surface area (Å²) in [4.78, 5) is 50.3. The summed E-state index contributed by atoms with van der Waals surface area (Å²) >= 11 is 0. The van der Waals surface area contributed by atoms with Gasteiger partial charge >= 0.3 is 25.8 Å². The topological polar surface area (TPSA) is 246 Å². The van der Waals surface area contributed by atoms with Crippen molar-refractivity contribution in [1.82, 2.24) is 9.55 Å². The Morgan fingerprint density at radius 2 is 1.47 bits per heavy atom. The largest absolute Gasteiger partial charge is 0.510 e. The number of H-pyrrole nitrogens is 1. The van der Waals surface area contributed by atoms with Crippen molar-refractivity contribution < 1.29 is 84.6 Å². The fourth-order valence-corrected chi connectivity index (χ4v) is 6.32. The molecule has 2 heterocycles. The molecule has 0 unspecified atom stereocenters. The van der Waals surface area contributed by atoms with Gasteiger partial charge in [-0.1, -0.05) is 0 Å². The molecule has 53 heavy (non-hydrogen) atoms. The first-order valence-corrected chi connectivity index (χ1v) is 18.1. The summed E-state index contributed by atoms with van der Waals surface area (Å²) in [5, 5.41) is 11.4. The minimum atomic E-state index is -4.86. The van der Waals surface area contributed by atoms with Gasteiger partial charge in [-0.25, -0.2) is 28.0 Å². The molecule has 21 nitrogen and oxygen atoms in total. The lowest BCUT2D eigenvalue weighted by Crippen LogP contribution is -2.52. The number of phosphoric ester groups is 1. The fourth-order valence-electron chi connectivity index (χ4n) is 5.35. The first-order chi connectivity index (χ1) is 25.4. The van der Waals surface area contributed by atoms with Crippen LogP contribution in [-0.4, -0.2) is 138 Å². The fraction of sp³-hybridized carbons (Fsp3) is 0.800. The standard InChI is InChI=1S/C30H48FN2O19P/c1-29(25(35)33-9-6-23(34)32-26(33)36)24(51-30(52-29)7-4-5-8-30)22(18-31)19-48-53(39,49-20-46-27(37)44-16-14-42-12-10-40-2)50-21-47-28(38)45-17-15-43-13-11-41-3/h6,9,22,24-25,35H,4-5,7-8,10-21H2,1-3H3,(H,32,34,36)/t22-,24+,25+,29+/m0/s1. The second kappa shape index (κ2) is 22.4. The number of hydrogen-bond acceptors (Lipinski definition) is 19. The number of halogens is 1. The molecule has 1 spiro atoms. The summed E-state index contributed by atoms with van der Waals surface area (Å²) in [6.45, 7) is -1.85. The van der Waals surface area contributed by atoms with E-state index in [1.165, 1.54) is 21.1 Å². The van der Waals surface area contributed by atoms with Gasteiger partial charge in [-0.15, -0.1) is 0 Å². The molecule has 0 amide bonds. The Kier molecular flexibility index (Phi) is 18.7. The molecule has 0 radical (unpaired) electrons. The zero-order chi connectivity index (χ0) is 38.7. The van der Waals surface area contributed by atoms with Crippen molar-refractivity contribution in [1.29, 1.82) is 0 Å². The molecule has 2 N–H and O–H groups in total. The Bertz CT molecular complexity index is 1390. The summed E-state index contributed by atoms with van der Waals surface area (Å²) in [5.41, 5.74) is -3.50. The first kappa shape index (κ1) is 44.4. The number of carbonyl (C=O) groups excluding carboxylic acids is 2. The van der Waals surface area contributed by atoms with Gasteiger partial charge in [-0.2, -0.15) is 0 Å². The minimum absolute atomic E-state index is 0.0278. The van der Waals surface area contributed by atoms with Crippen LogP contribution in [0.4, 0.5) is 14.0 Å². The summed E-state index contributed by atoms with van der Waals surface area (Å²) in [5.74, 6) is -2.61. The summed E-state index contributed by atoms with van der Waals surface area (Å²) in [7, 11) is -1.88. The molecular weight excluding hydrogens is 742 g/mol. The number of nitrogens with one attached hydrogen (secondary N) is 1. The van der Waals surface area contributed by atoms with Crippen molar-refractivity contribution in [3.05, 3.63) is 33.1 Å². The molecule has 1 aromatic heterocycles. The number of methoxy groups -OCH3 is 2. The lowest BCUT2D eigenvalue weighted by molar-refractivity contribution is -0.208. The van der Waals surface area contributed by atoms with Crippen LogP contribution in [0.5, 0.6) is 0 Å². The molecule has 2 fully saturated rings. The van der Waals surface area contributed by atoms with Gasteiger partial charge in [0, 0.05) is 45.2 Å². The second-order valence-electron chi connectivity index (χ2n) is 11.7. The number of phosphoric acid groups is 1. The van der Waals surface area contributed by atoms with Crippen LogP contribution >= 0.6 is 7.82 Å². The number of ether oxygens (including phenoxy) is 10. The van der Waals surface area contributed by atoms with Crippen LogP contribution in [0.3, 0.4) is 0 Å². The van der Waals surface area contributed by atoms with Crippen LogP contribution in [0, 0.1) is 5.92 Å². The molecule has 0 aromatic carbocycles. The van der Waals surface area contributed by atoms with E-state index in [0.717, 1.165) is 16.8 Å². The maximum atomic E-state index is 14.9. The monoisotopic (exact) mass is 790 g/mol. The number of aromatic amines is 1. The Balaban J connectivity index is 1.69. The van der Waals surface area contributed by atoms with E-state index in [0.29, 0.717) is 38.9 Å². The van der Waals surface area contributed by atoms with Crippen LogP contribution in [0.1, 0.15) is 38.8 Å². The molecule has 1 aliphatic heterocycles. The van der Waals surface area contributed by atoms with Crippen molar-refractivity contribution in [3.8, 4) is 0 Å². The highest BCUT2D eigenvalue weighted by atomic mass is 31.2. The molecule has 1 aromatic rings. The van der Waals surface area contributed by atoms with E-state index in [4.69, 9.17) is 60.9 Å². The summed E-state index contributed by atoms with van der Waals surface area (Å²) in [6, 6.07) is 1.01. The molecule has 304 valence electrons. The van der Waals surface area contributed by atoms with Crippen molar-refractivity contribution in [2.24, 2.45) is 5.92 Å². The highest BCUT2D eigenvalue weighted by Gasteiger charge is 2.61. The van der Waals surface area contributed by atoms with Crippen LogP contribution in [-0.2, 0) is 65.5 Å². The number of hydrogen-bond donors (Lipinski definition) is 2. The van der Waals surface area contributed by atoms with Gasteiger partial charge in [0.2, 0.25) is 13.6 Å². The molecule has 23 heteroatoms. The molecule has 1 saturated carbocycles. The van der Waals surface area contributed by atoms with E-state index >= 15 is 0 Å². The third-order valence-corrected chi connectivity index (χ3v) is 9.22. The van der Waals surface area contributed by atoms with Gasteiger partial charge in [-0.05, 0) is 19.8 Å². The maximum Gasteiger partial charge on any atom is 0.510 e. The van der Waals surface area contributed by atoms with Crippen LogP contribution in [0.2, 0.25) is 0 Å². The molecular formula is C30H48FN2O19P. The van der Waals surface area contributed by atoms with E-state index in [-0.39, 0.29) is 39.6 Å². The van der Waals surface area contributed by atoms with E-state index in [9.17, 15) is 33.2 Å². The summed E-state index contributed by atoms with van der Waals surface area (Å²) < 4.78 is 96.5. The molecule has 3 rings (SSSR count). The summed E-state index contributed by atoms with van der Waals surface area (Å²) in [6.07, 6.45) is -2.42. The second-order valence-corrected chi connectivity index (χ2v) is 13.3. The SMILES string of the molecule is COCCOCCOC(=O)OCOP(=O)(OCOC(=O)OCCOCCOC)OC[C@H](CF)[C@H]1OC2(CCCC2)O[C@@]1(C)[C@@H](O)n1ccc(=O)[nH]c1=O. The predicted octanol–water partition coefficient (Wildman–Crippen LogP) is 1.76. The number of nitrogens with zero attached hydrogens (tertiary/aromatic N) is 1. The maximum absolute atomic E-state index is 14.9. The van der Waals surface area contributed by atoms with E-state index in [1.54, 1.807) is 0 Å². The lowest BCUT2D eigenvalue weighted by atomic mass is 9.87. The van der Waals surface area contributed by atoms with Crippen molar-refractivity contribution >= 4 is 20.1 Å². The van der Waals surface area contributed by atoms with Gasteiger partial charge in [0.05, 0.1) is 52.9 Å². The highest BCUT2D eigenvalue weighted by Crippen LogP contribution is 2.53. The third kappa shape index (κ3) is 14.0. The number of aliphatic hydroxyl groups is 1. The van der Waals surface area contributed by atoms with Crippen LogP contribution < -0.4 is 11.2 Å². The average molecular weight is 791 g/mol. The predicted molar refractivity (Wildman–Crippen MR) is 173 cm³/mol. The van der Waals surface area contributed by atoms with Gasteiger partial charge in [0.1, 0.15) is 24.9 Å². The zero-order valence-corrected chi connectivity index (χ0v) is 30.7. The molecule has 1 saturated heterocycles. The van der Waals surface area contributed by atoms with Gasteiger partial charge in [0.25, 0.3) is 5.56 Å². The van der Waals surface area contributed by atoms with E-state index < -0.39 is 87.9 Å². The minimum Gasteiger partial charge on any atom is -0.432 e. The Hall–Kier alpha value is -3.02. The van der Waals surface area contributed by atoms with Gasteiger partial charge < -0.3 is 52.5 Å². The van der Waals surface area contributed by atoms with E-state index in [1.807, 2.05) is 4.98 Å². The smallest absolute Gasteiger partial charge is 0.432 e. The normalized spacial score (nSPS) is 20.7. The Morgan fingerprint density at radius 3 is 1.98 bits per heavy atom.